The maximum atomic E-state index is 13.5. The summed E-state index contributed by atoms with van der Waals surface area (Å²) in [6, 6.07) is 27.2. The number of unbranched alkanes of at least 4 members (excludes halogenated alkanes) is 1. The lowest BCUT2D eigenvalue weighted by Gasteiger charge is -2.13. The van der Waals surface area contributed by atoms with Crippen LogP contribution >= 0.6 is 11.8 Å². The summed E-state index contributed by atoms with van der Waals surface area (Å²) in [6.45, 7) is 2.40. The van der Waals surface area contributed by atoms with E-state index in [1.165, 1.54) is 24.9 Å². The molecule has 0 unspecified atom stereocenters. The molecule has 0 aliphatic heterocycles. The maximum Gasteiger partial charge on any atom is 0.338 e. The molecule has 0 aromatic heterocycles. The largest absolute Gasteiger partial charge is 0.497 e. The number of thioether (sulfide) groups is 1. The van der Waals surface area contributed by atoms with Crippen LogP contribution in [0.15, 0.2) is 108 Å². The molecule has 4 aromatic rings. The van der Waals surface area contributed by atoms with E-state index in [-0.39, 0.29) is 17.4 Å². The molecule has 0 saturated carbocycles. The first-order valence-corrected chi connectivity index (χ1v) is 16.2. The predicted molar refractivity (Wildman–Crippen MR) is 187 cm³/mol. The smallest absolute Gasteiger partial charge is 0.338 e. The van der Waals surface area contributed by atoms with Crippen molar-refractivity contribution < 1.29 is 33.4 Å². The van der Waals surface area contributed by atoms with Crippen LogP contribution in [0, 0.1) is 0 Å². The molecule has 10 nitrogen and oxygen atoms in total. The minimum atomic E-state index is -0.544. The molecule has 0 fully saturated rings. The highest BCUT2D eigenvalue weighted by Gasteiger charge is 2.17. The van der Waals surface area contributed by atoms with Crippen molar-refractivity contribution in [2.75, 3.05) is 37.2 Å². The van der Waals surface area contributed by atoms with E-state index < -0.39 is 17.8 Å². The van der Waals surface area contributed by atoms with Gasteiger partial charge < -0.3 is 30.2 Å². The molecule has 0 atom stereocenters. The van der Waals surface area contributed by atoms with Crippen LogP contribution in [-0.2, 0) is 14.3 Å². The lowest BCUT2D eigenvalue weighted by Crippen LogP contribution is -2.30. The molecular formula is C37H37N3O7S. The topological polar surface area (TPSA) is 132 Å². The number of esters is 1. The molecule has 0 spiro atoms. The molecule has 48 heavy (non-hydrogen) atoms. The Morgan fingerprint density at radius 3 is 2.12 bits per heavy atom. The quantitative estimate of drug-likeness (QED) is 0.0546. The molecule has 11 heteroatoms. The van der Waals surface area contributed by atoms with Gasteiger partial charge in [-0.3, -0.25) is 14.4 Å². The molecule has 248 valence electrons. The number of carbonyl (C=O) groups excluding carboxylic acids is 4. The predicted octanol–water partition coefficient (Wildman–Crippen LogP) is 6.80. The summed E-state index contributed by atoms with van der Waals surface area (Å²) in [5, 5.41) is 8.35. The zero-order valence-electron chi connectivity index (χ0n) is 26.9. The summed E-state index contributed by atoms with van der Waals surface area (Å²) < 4.78 is 16.0. The van der Waals surface area contributed by atoms with Crippen molar-refractivity contribution in [1.29, 1.82) is 0 Å². The van der Waals surface area contributed by atoms with Crippen molar-refractivity contribution in [2.45, 2.75) is 24.7 Å². The van der Waals surface area contributed by atoms with Gasteiger partial charge in [0.05, 0.1) is 32.1 Å². The van der Waals surface area contributed by atoms with Crippen molar-refractivity contribution in [1.82, 2.24) is 5.32 Å². The molecule has 0 bridgehead atoms. The molecule has 3 N–H and O–H groups in total. The average molecular weight is 668 g/mol. The lowest BCUT2D eigenvalue weighted by molar-refractivity contribution is -0.114. The van der Waals surface area contributed by atoms with Gasteiger partial charge in [-0.15, -0.1) is 11.8 Å². The molecule has 0 saturated heterocycles. The van der Waals surface area contributed by atoms with E-state index in [0.29, 0.717) is 46.2 Å². The number of nitrogens with one attached hydrogen (secondary N) is 3. The van der Waals surface area contributed by atoms with Gasteiger partial charge in [0.25, 0.3) is 11.8 Å². The van der Waals surface area contributed by atoms with Crippen LogP contribution in [0.1, 0.15) is 46.0 Å². The SMILES string of the molecule is CCCCOC(=O)c1ccc(NC(=O)CSc2ccc(NC(=O)/C(=C/c3ccc(OC)cc3OC)NC(=O)c3ccccc3)cc2)cc1. The molecule has 0 aliphatic carbocycles. The van der Waals surface area contributed by atoms with Gasteiger partial charge in [-0.2, -0.15) is 0 Å². The van der Waals surface area contributed by atoms with E-state index in [2.05, 4.69) is 16.0 Å². The van der Waals surface area contributed by atoms with Gasteiger partial charge in [0.15, 0.2) is 0 Å². The number of rotatable bonds is 15. The monoisotopic (exact) mass is 667 g/mol. The fourth-order valence-electron chi connectivity index (χ4n) is 4.30. The first-order valence-electron chi connectivity index (χ1n) is 15.2. The van der Waals surface area contributed by atoms with E-state index in [1.54, 1.807) is 104 Å². The highest BCUT2D eigenvalue weighted by molar-refractivity contribution is 8.00. The van der Waals surface area contributed by atoms with Crippen LogP contribution in [0.4, 0.5) is 11.4 Å². The Labute approximate surface area is 283 Å². The van der Waals surface area contributed by atoms with Crippen molar-refractivity contribution in [3.8, 4) is 11.5 Å². The van der Waals surface area contributed by atoms with Crippen molar-refractivity contribution in [3.63, 3.8) is 0 Å². The van der Waals surface area contributed by atoms with E-state index in [1.807, 2.05) is 6.92 Å². The zero-order valence-corrected chi connectivity index (χ0v) is 27.7. The van der Waals surface area contributed by atoms with Crippen molar-refractivity contribution >= 4 is 52.9 Å². The number of carbonyl (C=O) groups is 4. The van der Waals surface area contributed by atoms with Gasteiger partial charge in [-0.1, -0.05) is 31.5 Å². The second kappa shape index (κ2) is 18.0. The summed E-state index contributed by atoms with van der Waals surface area (Å²) in [7, 11) is 3.04. The third-order valence-corrected chi connectivity index (χ3v) is 7.90. The number of anilines is 2. The molecule has 4 aromatic carbocycles. The Morgan fingerprint density at radius 1 is 0.771 bits per heavy atom. The number of amides is 3. The highest BCUT2D eigenvalue weighted by atomic mass is 32.2. The summed E-state index contributed by atoms with van der Waals surface area (Å²) in [5.41, 5.74) is 2.43. The molecule has 0 heterocycles. The molecule has 0 aliphatic rings. The van der Waals surface area contributed by atoms with Crippen LogP contribution in [0.2, 0.25) is 0 Å². The first-order chi connectivity index (χ1) is 23.3. The second-order valence-corrected chi connectivity index (χ2v) is 11.4. The second-order valence-electron chi connectivity index (χ2n) is 10.4. The minimum Gasteiger partial charge on any atom is -0.497 e. The molecule has 3 amide bonds. The van der Waals surface area contributed by atoms with Crippen molar-refractivity contribution in [3.05, 3.63) is 119 Å². The third kappa shape index (κ3) is 10.5. The molecule has 4 rings (SSSR count). The number of hydrogen-bond donors (Lipinski definition) is 3. The first kappa shape index (κ1) is 35.3. The van der Waals surface area contributed by atoms with Crippen LogP contribution in [0.5, 0.6) is 11.5 Å². The van der Waals surface area contributed by atoms with Gasteiger partial charge in [0.1, 0.15) is 17.2 Å². The zero-order chi connectivity index (χ0) is 34.3. The molecular weight excluding hydrogens is 630 g/mol. The standard InChI is InChI=1S/C37H37N3O7S/c1-4-5-21-47-37(44)26-11-14-28(15-12-26)38-34(41)24-48-31-19-16-29(17-20-31)39-36(43)32(40-35(42)25-9-7-6-8-10-25)22-27-13-18-30(45-2)23-33(27)46-3/h6-20,22-23H,4-5,21,24H2,1-3H3,(H,38,41)(H,39,43)(H,40,42)/b32-22-. The number of methoxy groups -OCH3 is 2. The van der Waals surface area contributed by atoms with Crippen LogP contribution in [0.25, 0.3) is 6.08 Å². The van der Waals surface area contributed by atoms with Gasteiger partial charge in [-0.25, -0.2) is 4.79 Å². The van der Waals surface area contributed by atoms with Crippen LogP contribution in [0.3, 0.4) is 0 Å². The minimum absolute atomic E-state index is 0.00357. The number of benzene rings is 4. The summed E-state index contributed by atoms with van der Waals surface area (Å²) in [4.78, 5) is 51.9. The van der Waals surface area contributed by atoms with Gasteiger partial charge in [0, 0.05) is 33.5 Å². The Kier molecular flexibility index (Phi) is 13.2. The Hall–Kier alpha value is -5.55. The Morgan fingerprint density at radius 2 is 1.46 bits per heavy atom. The van der Waals surface area contributed by atoms with Gasteiger partial charge in [-0.05, 0) is 85.3 Å². The fraction of sp³-hybridized carbons (Fsp3) is 0.189. The fourth-order valence-corrected chi connectivity index (χ4v) is 5.00. The maximum absolute atomic E-state index is 13.5. The lowest BCUT2D eigenvalue weighted by atomic mass is 10.1. The summed E-state index contributed by atoms with van der Waals surface area (Å²) >= 11 is 1.32. The molecule has 0 radical (unpaired) electrons. The van der Waals surface area contributed by atoms with Crippen molar-refractivity contribution in [2.24, 2.45) is 0 Å². The third-order valence-electron chi connectivity index (χ3n) is 6.89. The summed E-state index contributed by atoms with van der Waals surface area (Å²) in [5.74, 6) is -0.416. The van der Waals surface area contributed by atoms with Gasteiger partial charge in [0.2, 0.25) is 5.91 Å². The van der Waals surface area contributed by atoms with E-state index >= 15 is 0 Å². The summed E-state index contributed by atoms with van der Waals surface area (Å²) in [6.07, 6.45) is 3.28. The highest BCUT2D eigenvalue weighted by Crippen LogP contribution is 2.27. The number of ether oxygens (including phenoxy) is 3. The van der Waals surface area contributed by atoms with Crippen LogP contribution < -0.4 is 25.4 Å². The number of hydrogen-bond acceptors (Lipinski definition) is 8. The van der Waals surface area contributed by atoms with Gasteiger partial charge >= 0.3 is 5.97 Å². The van der Waals surface area contributed by atoms with E-state index in [9.17, 15) is 19.2 Å². The van der Waals surface area contributed by atoms with E-state index in [0.717, 1.165) is 17.7 Å². The normalized spacial score (nSPS) is 10.9. The Bertz CT molecular complexity index is 1740. The van der Waals surface area contributed by atoms with Crippen LogP contribution in [-0.4, -0.2) is 50.3 Å². The average Bonchev–Trinajstić information content (AvgIpc) is 3.11. The Balaban J connectivity index is 1.37. The van der Waals surface area contributed by atoms with E-state index in [4.69, 9.17) is 14.2 Å².